The van der Waals surface area contributed by atoms with E-state index in [0.29, 0.717) is 11.1 Å². The third-order valence-electron chi connectivity index (χ3n) is 1.60. The van der Waals surface area contributed by atoms with Crippen molar-refractivity contribution < 1.29 is 14.6 Å². The molecular weight excluding hydrogens is 256 g/mol. The van der Waals surface area contributed by atoms with Crippen molar-refractivity contribution in [2.45, 2.75) is 0 Å². The molecule has 0 aliphatic heterocycles. The van der Waals surface area contributed by atoms with Crippen molar-refractivity contribution >= 4 is 5.96 Å². The zero-order valence-electron chi connectivity index (χ0n) is 9.70. The number of azo groups is 1. The lowest BCUT2D eigenvalue weighted by Crippen LogP contribution is -2.24. The molecule has 1 rings (SSSR count). The van der Waals surface area contributed by atoms with E-state index in [1.807, 2.05) is 0 Å². The number of nitrogens with zero attached hydrogens (tertiary/aromatic N) is 6. The molecule has 10 heteroatoms. The summed E-state index contributed by atoms with van der Waals surface area (Å²) in [5.74, 6) is -0.618. The number of nitro groups is 1. The van der Waals surface area contributed by atoms with Crippen LogP contribution in [0.2, 0.25) is 0 Å². The number of hydrazone groups is 1. The van der Waals surface area contributed by atoms with Gasteiger partial charge in [-0.05, 0) is 17.1 Å². The molecule has 0 amide bonds. The summed E-state index contributed by atoms with van der Waals surface area (Å²) in [5, 5.41) is 28.3. The molecule has 0 saturated carbocycles. The van der Waals surface area contributed by atoms with E-state index >= 15 is 0 Å². The number of hydrogen-bond donors (Lipinski definition) is 0. The first kappa shape index (κ1) is 14.0. The lowest BCUT2D eigenvalue weighted by atomic mass is 10.3. The first-order valence-electron chi connectivity index (χ1n) is 4.77. The molecule has 0 spiro atoms. The molecule has 10 nitrogen and oxygen atoms in total. The van der Waals surface area contributed by atoms with Crippen LogP contribution in [-0.2, 0) is 4.84 Å². The fourth-order valence-electron chi connectivity index (χ4n) is 0.903. The van der Waals surface area contributed by atoms with Crippen LogP contribution in [0, 0.1) is 21.6 Å². The highest BCUT2D eigenvalue weighted by Gasteiger charge is 2.18. The third-order valence-corrected chi connectivity index (χ3v) is 1.60. The predicted octanol–water partition coefficient (Wildman–Crippen LogP) is 1.32. The average Bonchev–Trinajstić information content (AvgIpc) is 2.42. The summed E-state index contributed by atoms with van der Waals surface area (Å²) in [4.78, 5) is 19.3. The minimum Gasteiger partial charge on any atom is -0.390 e. The highest BCUT2D eigenvalue weighted by Crippen LogP contribution is 2.11. The summed E-state index contributed by atoms with van der Waals surface area (Å²) in [6.45, 7) is 0. The Hall–Kier alpha value is -3.06. The summed E-state index contributed by atoms with van der Waals surface area (Å²) in [6, 6.07) is 8.32. The smallest absolute Gasteiger partial charge is 0.390 e. The second-order valence-electron chi connectivity index (χ2n) is 2.78. The largest absolute Gasteiger partial charge is 0.517 e. The molecule has 0 aromatic heterocycles. The van der Waals surface area contributed by atoms with Crippen LogP contribution in [0.3, 0.4) is 0 Å². The Morgan fingerprint density at radius 3 is 2.68 bits per heavy atom. The molecule has 19 heavy (non-hydrogen) atoms. The van der Waals surface area contributed by atoms with Gasteiger partial charge in [-0.25, -0.2) is 4.84 Å². The number of hydrogen-bond acceptors (Lipinski definition) is 8. The fourth-order valence-corrected chi connectivity index (χ4v) is 0.903. The molecule has 0 saturated heterocycles. The van der Waals surface area contributed by atoms with Gasteiger partial charge in [0.1, 0.15) is 0 Å². The average molecular weight is 264 g/mol. The van der Waals surface area contributed by atoms with Crippen LogP contribution in [0.15, 0.2) is 45.7 Å². The van der Waals surface area contributed by atoms with E-state index in [9.17, 15) is 10.1 Å². The molecule has 0 aliphatic rings. The Balaban J connectivity index is 2.87. The number of nitriles is 1. The minimum absolute atomic E-state index is 0.341. The van der Waals surface area contributed by atoms with Gasteiger partial charge in [-0.15, -0.1) is 0 Å². The molecule has 0 radical (unpaired) electrons. The Bertz CT molecular complexity index is 523. The van der Waals surface area contributed by atoms with Crippen LogP contribution in [0.5, 0.6) is 5.75 Å². The van der Waals surface area contributed by atoms with Gasteiger partial charge in [0.05, 0.1) is 22.7 Å². The molecule has 0 bridgehead atoms. The second-order valence-corrected chi connectivity index (χ2v) is 2.78. The van der Waals surface area contributed by atoms with Crippen molar-refractivity contribution in [3.05, 3.63) is 40.4 Å². The summed E-state index contributed by atoms with van der Waals surface area (Å²) in [6.07, 6.45) is 1.27. The molecule has 98 valence electrons. The lowest BCUT2D eigenvalue weighted by molar-refractivity contribution is -0.365. The molecule has 0 N–H and O–H groups in total. The van der Waals surface area contributed by atoms with Gasteiger partial charge in [0.15, 0.2) is 5.75 Å². The van der Waals surface area contributed by atoms with Crippen molar-refractivity contribution in [3.63, 3.8) is 0 Å². The quantitative estimate of drug-likeness (QED) is 0.201. The van der Waals surface area contributed by atoms with Gasteiger partial charge < -0.3 is 15.0 Å². The molecule has 1 aromatic carbocycles. The van der Waals surface area contributed by atoms with Crippen LogP contribution in [0.1, 0.15) is 0 Å². The summed E-state index contributed by atoms with van der Waals surface area (Å²) in [5.41, 5.74) is 0. The topological polar surface area (TPSA) is 126 Å². The van der Waals surface area contributed by atoms with Gasteiger partial charge >= 0.3 is 5.96 Å². The first-order valence-corrected chi connectivity index (χ1v) is 4.77. The monoisotopic (exact) mass is 264 g/mol. The molecule has 0 unspecified atom stereocenters. The number of guanidine groups is 1. The van der Waals surface area contributed by atoms with Gasteiger partial charge in [0.2, 0.25) is 6.19 Å². The Kier molecular flexibility index (Phi) is 5.38. The van der Waals surface area contributed by atoms with Gasteiger partial charge in [-0.2, -0.15) is 5.26 Å². The first-order chi connectivity index (χ1) is 9.17. The highest BCUT2D eigenvalue weighted by molar-refractivity contribution is 5.71. The molecule has 0 aliphatic carbocycles. The Morgan fingerprint density at radius 2 is 2.16 bits per heavy atom. The maximum absolute atomic E-state index is 10.6. The van der Waals surface area contributed by atoms with E-state index in [1.54, 1.807) is 30.3 Å². The van der Waals surface area contributed by atoms with Crippen LogP contribution in [0.25, 0.3) is 0 Å². The van der Waals surface area contributed by atoms with Gasteiger partial charge in [0.25, 0.3) is 0 Å². The maximum Gasteiger partial charge on any atom is 0.517 e. The summed E-state index contributed by atoms with van der Waals surface area (Å²) in [7, 11) is 1.19. The van der Waals surface area contributed by atoms with E-state index in [2.05, 4.69) is 20.2 Å². The van der Waals surface area contributed by atoms with Crippen LogP contribution in [-0.4, -0.2) is 23.3 Å². The summed E-state index contributed by atoms with van der Waals surface area (Å²) < 4.78 is 0. The number of rotatable bonds is 4. The molecule has 0 fully saturated rings. The van der Waals surface area contributed by atoms with E-state index in [0.717, 1.165) is 0 Å². The Morgan fingerprint density at radius 1 is 1.47 bits per heavy atom. The molecule has 0 heterocycles. The van der Waals surface area contributed by atoms with Gasteiger partial charge in [-0.3, -0.25) is 0 Å². The maximum atomic E-state index is 10.6. The molecule has 0 atom stereocenters. The third kappa shape index (κ3) is 4.75. The lowest BCUT2D eigenvalue weighted by Gasteiger charge is -2.10. The van der Waals surface area contributed by atoms with Crippen LogP contribution < -0.4 is 4.84 Å². The summed E-state index contributed by atoms with van der Waals surface area (Å²) >= 11 is 0. The van der Waals surface area contributed by atoms with E-state index in [1.165, 1.54) is 13.3 Å². The predicted molar refractivity (Wildman–Crippen MR) is 60.8 cm³/mol. The van der Waals surface area contributed by atoms with E-state index < -0.39 is 10.9 Å². The van der Waals surface area contributed by atoms with Gasteiger partial charge in [0, 0.05) is 5.11 Å². The van der Waals surface area contributed by atoms with E-state index in [-0.39, 0.29) is 0 Å². The van der Waals surface area contributed by atoms with E-state index in [4.69, 9.17) is 10.1 Å². The normalized spacial score (nSPS) is 11.1. The van der Waals surface area contributed by atoms with Gasteiger partial charge in [-0.1, -0.05) is 18.2 Å². The standard InChI is InChI=1S/C9H8N6O4/c1-18-15(19-8-5-3-2-4-6-8)13-9(14(16)17)12-11-7-10/h2-6H,1H3. The van der Waals surface area contributed by atoms with Crippen molar-refractivity contribution in [1.82, 2.24) is 5.34 Å². The minimum atomic E-state index is -0.959. The second kappa shape index (κ2) is 7.30. The Labute approximate surface area is 107 Å². The molecule has 1 aromatic rings. The SMILES string of the molecule is CON(N=C(N=NC#N)[N+](=O)[O-])Oc1ccccc1. The van der Waals surface area contributed by atoms with Crippen molar-refractivity contribution in [3.8, 4) is 11.9 Å². The highest BCUT2D eigenvalue weighted by atomic mass is 17.0. The zero-order valence-corrected chi connectivity index (χ0v) is 9.70. The van der Waals surface area contributed by atoms with Crippen molar-refractivity contribution in [2.75, 3.05) is 7.11 Å². The fraction of sp³-hybridized carbons (Fsp3) is 0.111. The zero-order chi connectivity index (χ0) is 14.1. The van der Waals surface area contributed by atoms with Crippen LogP contribution in [0.4, 0.5) is 0 Å². The van der Waals surface area contributed by atoms with Crippen molar-refractivity contribution in [2.24, 2.45) is 15.3 Å². The van der Waals surface area contributed by atoms with Crippen LogP contribution >= 0.6 is 0 Å². The number of para-hydroxylation sites is 1. The molecular formula is C9H8N6O4. The number of benzene rings is 1. The van der Waals surface area contributed by atoms with Crippen molar-refractivity contribution in [1.29, 1.82) is 5.26 Å².